The lowest BCUT2D eigenvalue weighted by Gasteiger charge is -2.26. The third-order valence-corrected chi connectivity index (χ3v) is 4.66. The number of aromatic nitrogens is 1. The highest BCUT2D eigenvalue weighted by molar-refractivity contribution is 6.06. The number of benzene rings is 2. The predicted octanol–water partition coefficient (Wildman–Crippen LogP) is 5.41. The van der Waals surface area contributed by atoms with Crippen molar-refractivity contribution in [2.45, 2.75) is 38.6 Å². The summed E-state index contributed by atoms with van der Waals surface area (Å²) in [5.74, 6) is 0.817. The van der Waals surface area contributed by atoms with Crippen molar-refractivity contribution in [2.75, 3.05) is 4.90 Å². The van der Waals surface area contributed by atoms with Gasteiger partial charge in [-0.3, -0.25) is 4.79 Å². The molecule has 3 aromatic rings. The Bertz CT molecular complexity index is 944. The monoisotopic (exact) mass is 364 g/mol. The SMILES string of the molecule is CC(C)N(C(=O)c1nc(-c2ccccc2)oc1C1CC1)c1ccc(F)cc1. The van der Waals surface area contributed by atoms with Crippen molar-refractivity contribution in [1.82, 2.24) is 4.98 Å². The van der Waals surface area contributed by atoms with Crippen LogP contribution in [0.5, 0.6) is 0 Å². The fourth-order valence-corrected chi connectivity index (χ4v) is 3.18. The van der Waals surface area contributed by atoms with Crippen molar-refractivity contribution >= 4 is 11.6 Å². The van der Waals surface area contributed by atoms with Crippen molar-refractivity contribution in [3.05, 3.63) is 71.9 Å². The van der Waals surface area contributed by atoms with Crippen molar-refractivity contribution in [3.63, 3.8) is 0 Å². The van der Waals surface area contributed by atoms with Crippen molar-refractivity contribution in [3.8, 4) is 11.5 Å². The maximum atomic E-state index is 13.4. The number of amides is 1. The average molecular weight is 364 g/mol. The number of hydrogen-bond donors (Lipinski definition) is 0. The van der Waals surface area contributed by atoms with Gasteiger partial charge in [0, 0.05) is 23.2 Å². The van der Waals surface area contributed by atoms with Crippen LogP contribution in [0.25, 0.3) is 11.5 Å². The number of anilines is 1. The molecule has 0 radical (unpaired) electrons. The Balaban J connectivity index is 1.75. The summed E-state index contributed by atoms with van der Waals surface area (Å²) < 4.78 is 19.3. The van der Waals surface area contributed by atoms with Gasteiger partial charge in [0.25, 0.3) is 5.91 Å². The topological polar surface area (TPSA) is 46.3 Å². The first-order valence-electron chi connectivity index (χ1n) is 9.20. The number of carbonyl (C=O) groups is 1. The molecule has 0 bridgehead atoms. The summed E-state index contributed by atoms with van der Waals surface area (Å²) >= 11 is 0. The lowest BCUT2D eigenvalue weighted by atomic mass is 10.1. The van der Waals surface area contributed by atoms with E-state index in [1.807, 2.05) is 44.2 Å². The minimum absolute atomic E-state index is 0.105. The second-order valence-electron chi connectivity index (χ2n) is 7.12. The van der Waals surface area contributed by atoms with Crippen LogP contribution >= 0.6 is 0 Å². The zero-order chi connectivity index (χ0) is 19.0. The van der Waals surface area contributed by atoms with E-state index >= 15 is 0 Å². The smallest absolute Gasteiger partial charge is 0.280 e. The standard InChI is InChI=1S/C22H21FN2O2/c1-14(2)25(18-12-10-17(23)11-13-18)22(26)19-20(15-8-9-15)27-21(24-19)16-6-4-3-5-7-16/h3-7,10-15H,8-9H2,1-2H3. The third-order valence-electron chi connectivity index (χ3n) is 4.66. The molecular formula is C22H21FN2O2. The Labute approximate surface area is 157 Å². The van der Waals surface area contributed by atoms with Crippen LogP contribution in [-0.2, 0) is 0 Å². The first-order valence-corrected chi connectivity index (χ1v) is 9.20. The third kappa shape index (κ3) is 3.50. The van der Waals surface area contributed by atoms with Gasteiger partial charge in [0.05, 0.1) is 0 Å². The number of rotatable bonds is 5. The van der Waals surface area contributed by atoms with Gasteiger partial charge in [-0.2, -0.15) is 0 Å². The largest absolute Gasteiger partial charge is 0.440 e. The first-order chi connectivity index (χ1) is 13.0. The summed E-state index contributed by atoms with van der Waals surface area (Å²) in [6.07, 6.45) is 2.00. The van der Waals surface area contributed by atoms with Gasteiger partial charge in [-0.05, 0) is 63.1 Å². The number of halogens is 1. The molecule has 138 valence electrons. The lowest BCUT2D eigenvalue weighted by molar-refractivity contribution is 0.0974. The summed E-state index contributed by atoms with van der Waals surface area (Å²) in [6, 6.07) is 15.4. The van der Waals surface area contributed by atoms with Gasteiger partial charge in [0.15, 0.2) is 5.69 Å². The van der Waals surface area contributed by atoms with Crippen LogP contribution in [0.2, 0.25) is 0 Å². The zero-order valence-corrected chi connectivity index (χ0v) is 15.4. The number of nitrogens with zero attached hydrogens (tertiary/aromatic N) is 2. The normalized spacial score (nSPS) is 13.8. The molecule has 0 N–H and O–H groups in total. The van der Waals surface area contributed by atoms with Crippen molar-refractivity contribution in [2.24, 2.45) is 0 Å². The van der Waals surface area contributed by atoms with Gasteiger partial charge in [-0.15, -0.1) is 0 Å². The molecule has 0 aliphatic heterocycles. The van der Waals surface area contributed by atoms with E-state index in [0.717, 1.165) is 18.4 Å². The maximum Gasteiger partial charge on any atom is 0.280 e. The number of oxazole rings is 1. The fraction of sp³-hybridized carbons (Fsp3) is 0.273. The molecule has 4 rings (SSSR count). The summed E-state index contributed by atoms with van der Waals surface area (Å²) in [5.41, 5.74) is 1.84. The van der Waals surface area contributed by atoms with E-state index in [0.29, 0.717) is 23.0 Å². The molecule has 0 atom stereocenters. The Hall–Kier alpha value is -2.95. The molecule has 27 heavy (non-hydrogen) atoms. The second-order valence-corrected chi connectivity index (χ2v) is 7.12. The molecule has 0 unspecified atom stereocenters. The minimum atomic E-state index is -0.332. The van der Waals surface area contributed by atoms with Crippen LogP contribution in [0.3, 0.4) is 0 Å². The van der Waals surface area contributed by atoms with Crippen LogP contribution in [0.1, 0.15) is 48.9 Å². The molecule has 1 heterocycles. The van der Waals surface area contributed by atoms with E-state index in [4.69, 9.17) is 4.42 Å². The molecule has 5 heteroatoms. The van der Waals surface area contributed by atoms with Crippen molar-refractivity contribution in [1.29, 1.82) is 0 Å². The average Bonchev–Trinajstić information content (AvgIpc) is 3.42. The highest BCUT2D eigenvalue weighted by Crippen LogP contribution is 2.43. The Morgan fingerprint density at radius 3 is 2.37 bits per heavy atom. The van der Waals surface area contributed by atoms with Crippen LogP contribution in [-0.4, -0.2) is 16.9 Å². The van der Waals surface area contributed by atoms with Crippen LogP contribution in [0, 0.1) is 5.82 Å². The van der Waals surface area contributed by atoms with E-state index < -0.39 is 0 Å². The molecule has 1 aliphatic rings. The van der Waals surface area contributed by atoms with Gasteiger partial charge >= 0.3 is 0 Å². The van der Waals surface area contributed by atoms with E-state index in [-0.39, 0.29) is 23.7 Å². The van der Waals surface area contributed by atoms with Crippen LogP contribution in [0.15, 0.2) is 59.0 Å². The van der Waals surface area contributed by atoms with Gasteiger partial charge < -0.3 is 9.32 Å². The quantitative estimate of drug-likeness (QED) is 0.608. The summed E-state index contributed by atoms with van der Waals surface area (Å²) in [4.78, 5) is 19.6. The zero-order valence-electron chi connectivity index (χ0n) is 15.4. The Morgan fingerprint density at radius 2 is 1.78 bits per heavy atom. The fourth-order valence-electron chi connectivity index (χ4n) is 3.18. The summed E-state index contributed by atoms with van der Waals surface area (Å²) in [5, 5.41) is 0. The molecule has 1 saturated carbocycles. The van der Waals surface area contributed by atoms with E-state index in [1.54, 1.807) is 17.0 Å². The molecule has 0 saturated heterocycles. The van der Waals surface area contributed by atoms with Gasteiger partial charge in [0.1, 0.15) is 11.6 Å². The van der Waals surface area contributed by atoms with Gasteiger partial charge in [-0.25, -0.2) is 9.37 Å². The molecule has 1 aliphatic carbocycles. The summed E-state index contributed by atoms with van der Waals surface area (Å²) in [6.45, 7) is 3.85. The number of hydrogen-bond acceptors (Lipinski definition) is 3. The molecular weight excluding hydrogens is 343 g/mol. The second kappa shape index (κ2) is 6.99. The lowest BCUT2D eigenvalue weighted by Crippen LogP contribution is -2.37. The highest BCUT2D eigenvalue weighted by Gasteiger charge is 2.36. The molecule has 1 amide bonds. The molecule has 4 nitrogen and oxygen atoms in total. The van der Waals surface area contributed by atoms with Gasteiger partial charge in [0.2, 0.25) is 5.89 Å². The molecule has 1 aromatic heterocycles. The maximum absolute atomic E-state index is 13.4. The molecule has 2 aromatic carbocycles. The van der Waals surface area contributed by atoms with Crippen LogP contribution < -0.4 is 4.90 Å². The number of carbonyl (C=O) groups excluding carboxylic acids is 1. The van der Waals surface area contributed by atoms with E-state index in [9.17, 15) is 9.18 Å². The molecule has 1 fully saturated rings. The molecule has 0 spiro atoms. The predicted molar refractivity (Wildman–Crippen MR) is 102 cm³/mol. The van der Waals surface area contributed by atoms with Crippen LogP contribution in [0.4, 0.5) is 10.1 Å². The Morgan fingerprint density at radius 1 is 1.11 bits per heavy atom. The van der Waals surface area contributed by atoms with Gasteiger partial charge in [-0.1, -0.05) is 18.2 Å². The van der Waals surface area contributed by atoms with E-state index in [2.05, 4.69) is 4.98 Å². The first kappa shape index (κ1) is 17.5. The Kier molecular flexibility index (Phi) is 4.52. The summed E-state index contributed by atoms with van der Waals surface area (Å²) in [7, 11) is 0. The minimum Gasteiger partial charge on any atom is -0.440 e. The highest BCUT2D eigenvalue weighted by atomic mass is 19.1. The van der Waals surface area contributed by atoms with Crippen molar-refractivity contribution < 1.29 is 13.6 Å². The van der Waals surface area contributed by atoms with E-state index in [1.165, 1.54) is 12.1 Å².